The topological polar surface area (TPSA) is 0 Å². The van der Waals surface area contributed by atoms with E-state index in [1.165, 1.54) is 38.5 Å². The third kappa shape index (κ3) is 6.00. The summed E-state index contributed by atoms with van der Waals surface area (Å²) in [6.45, 7) is 14.9. The van der Waals surface area contributed by atoms with Gasteiger partial charge in [-0.2, -0.15) is 0 Å². The summed E-state index contributed by atoms with van der Waals surface area (Å²) in [7, 11) is 0. The van der Waals surface area contributed by atoms with Gasteiger partial charge in [0.25, 0.3) is 0 Å². The van der Waals surface area contributed by atoms with Gasteiger partial charge in [0.15, 0.2) is 0 Å². The molecule has 31 heavy (non-hydrogen) atoms. The zero-order valence-electron chi connectivity index (χ0n) is 20.3. The number of allylic oxidation sites excluding steroid dienone is 8. The second-order valence-electron chi connectivity index (χ2n) is 12.2. The molecule has 4 atom stereocenters. The summed E-state index contributed by atoms with van der Waals surface area (Å²) in [5, 5.41) is 0. The maximum atomic E-state index is 2.64. The normalized spacial score (nSPS) is 36.5. The van der Waals surface area contributed by atoms with Crippen LogP contribution in [0, 0.1) is 46.3 Å². The monoisotopic (exact) mass is 536 g/mol. The first-order chi connectivity index (χ1) is 13.0. The summed E-state index contributed by atoms with van der Waals surface area (Å²) >= 11 is 0. The van der Waals surface area contributed by atoms with Crippen molar-refractivity contribution in [2.75, 3.05) is 0 Å². The van der Waals surface area contributed by atoms with Crippen LogP contribution in [0.2, 0.25) is 0 Å². The van der Waals surface area contributed by atoms with Crippen LogP contribution in [0.15, 0.2) is 47.6 Å². The van der Waals surface area contributed by atoms with Crippen molar-refractivity contribution in [3.63, 3.8) is 0 Å². The van der Waals surface area contributed by atoms with Crippen LogP contribution in [-0.4, -0.2) is 0 Å². The summed E-state index contributed by atoms with van der Waals surface area (Å²) in [6.07, 6.45) is 27.0. The predicted molar refractivity (Wildman–Crippen MR) is 122 cm³/mol. The van der Waals surface area contributed by atoms with E-state index in [0.29, 0.717) is 33.5 Å². The second-order valence-corrected chi connectivity index (χ2v) is 12.2. The van der Waals surface area contributed by atoms with Gasteiger partial charge >= 0.3 is 26.2 Å². The quantitative estimate of drug-likeness (QED) is 0.483. The smallest absolute Gasteiger partial charge is 1.00 e. The van der Waals surface area contributed by atoms with Crippen LogP contribution >= 0.6 is 0 Å². The molecule has 0 bridgehead atoms. The molecule has 4 unspecified atom stereocenters. The summed E-state index contributed by atoms with van der Waals surface area (Å²) in [6, 6.07) is 0. The fourth-order valence-corrected chi connectivity index (χ4v) is 6.38. The van der Waals surface area contributed by atoms with E-state index in [2.05, 4.69) is 90.8 Å². The van der Waals surface area contributed by atoms with Gasteiger partial charge in [0.2, 0.25) is 0 Å². The third-order valence-corrected chi connectivity index (χ3v) is 8.47. The van der Waals surface area contributed by atoms with Gasteiger partial charge in [0.1, 0.15) is 0 Å². The zero-order valence-corrected chi connectivity index (χ0v) is 24.2. The van der Waals surface area contributed by atoms with Crippen molar-refractivity contribution in [1.29, 1.82) is 0 Å². The largest absolute Gasteiger partial charge is 4.00 e. The maximum absolute atomic E-state index is 2.64. The van der Waals surface area contributed by atoms with Crippen molar-refractivity contribution >= 4 is 0 Å². The first-order valence-corrected chi connectivity index (χ1v) is 11.5. The molecule has 0 amide bonds. The minimum atomic E-state index is 0. The molecule has 0 aromatic carbocycles. The molecule has 0 aromatic rings. The fraction of sp³-hybridized carbons (Fsp3) is 0.643. The number of fused-ring (bicyclic) bond motifs is 2. The van der Waals surface area contributed by atoms with Gasteiger partial charge in [0.05, 0.1) is 0 Å². The third-order valence-electron chi connectivity index (χ3n) is 8.47. The molecule has 0 aromatic heterocycles. The minimum absolute atomic E-state index is 0. The number of hydrogen-bond acceptors (Lipinski definition) is 0. The van der Waals surface area contributed by atoms with E-state index in [0.717, 1.165) is 0 Å². The first kappa shape index (κ1) is 29.2. The van der Waals surface area contributed by atoms with E-state index < -0.39 is 0 Å². The van der Waals surface area contributed by atoms with Crippen LogP contribution in [0.5, 0.6) is 0 Å². The van der Waals surface area contributed by atoms with Crippen molar-refractivity contribution in [3.8, 4) is 0 Å². The van der Waals surface area contributed by atoms with Crippen molar-refractivity contribution < 1.29 is 51.0 Å². The van der Waals surface area contributed by atoms with E-state index in [9.17, 15) is 0 Å². The van der Waals surface area contributed by atoms with Gasteiger partial charge in [0, 0.05) is 0 Å². The molecule has 3 heteroatoms. The Morgan fingerprint density at radius 3 is 1.42 bits per heavy atom. The Bertz CT molecular complexity index is 693. The molecule has 170 valence electrons. The molecule has 0 nitrogen and oxygen atoms in total. The molecule has 4 aliphatic rings. The van der Waals surface area contributed by atoms with Gasteiger partial charge in [-0.1, -0.05) is 78.1 Å². The standard InChI is InChI=1S/C28H40.2ClH.Zr/c1-25(2)13-9-7-11-21-17-27(5,19-23(21)25)15-16-28(6)18-22-12-8-10-14-26(3,4)24(22)20-28;;;/h7-12,17-18,23-24H,13-16,19-20H2,1-6H3;2*1H;/q-2;;;+4/p-2. The van der Waals surface area contributed by atoms with Gasteiger partial charge in [-0.25, -0.2) is 36.1 Å². The van der Waals surface area contributed by atoms with E-state index in [1.807, 2.05) is 0 Å². The first-order valence-electron chi connectivity index (χ1n) is 11.5. The van der Waals surface area contributed by atoms with E-state index in [1.54, 1.807) is 11.1 Å². The Morgan fingerprint density at radius 1 is 0.710 bits per heavy atom. The average Bonchev–Trinajstić information content (AvgIpc) is 3.05. The van der Waals surface area contributed by atoms with Crippen molar-refractivity contribution in [1.82, 2.24) is 0 Å². The molecular formula is C28H40Cl2Zr. The van der Waals surface area contributed by atoms with Gasteiger partial charge < -0.3 is 24.8 Å². The number of rotatable bonds is 3. The number of hydrogen-bond donors (Lipinski definition) is 0. The Balaban J connectivity index is 0.00000160. The Kier molecular flexibility index (Phi) is 9.60. The van der Waals surface area contributed by atoms with Crippen LogP contribution in [0.25, 0.3) is 0 Å². The van der Waals surface area contributed by atoms with Crippen molar-refractivity contribution in [3.05, 3.63) is 60.4 Å². The second kappa shape index (κ2) is 10.2. The Labute approximate surface area is 223 Å². The van der Waals surface area contributed by atoms with E-state index in [-0.39, 0.29) is 51.0 Å². The molecule has 4 aliphatic carbocycles. The summed E-state index contributed by atoms with van der Waals surface area (Å²) in [4.78, 5) is 0. The summed E-state index contributed by atoms with van der Waals surface area (Å²) in [5.41, 5.74) is 4.66. The molecule has 0 spiro atoms. The Morgan fingerprint density at radius 2 is 1.06 bits per heavy atom. The average molecular weight is 539 g/mol. The molecule has 0 N–H and O–H groups in total. The van der Waals surface area contributed by atoms with Crippen molar-refractivity contribution in [2.24, 2.45) is 33.5 Å². The van der Waals surface area contributed by atoms with Crippen LogP contribution in [0.1, 0.15) is 80.1 Å². The molecule has 0 heterocycles. The predicted octanol–water partition coefficient (Wildman–Crippen LogP) is 2.06. The van der Waals surface area contributed by atoms with E-state index in [4.69, 9.17) is 0 Å². The zero-order chi connectivity index (χ0) is 20.2. The van der Waals surface area contributed by atoms with Crippen molar-refractivity contribution in [2.45, 2.75) is 80.1 Å². The van der Waals surface area contributed by atoms with Crippen LogP contribution in [0.3, 0.4) is 0 Å². The molecule has 0 aliphatic heterocycles. The summed E-state index contributed by atoms with van der Waals surface area (Å²) < 4.78 is 0. The van der Waals surface area contributed by atoms with Crippen LogP contribution in [0.4, 0.5) is 0 Å². The van der Waals surface area contributed by atoms with Gasteiger partial charge in [-0.3, -0.25) is 0 Å². The molecular weight excluding hydrogens is 498 g/mol. The molecule has 0 radical (unpaired) electrons. The molecule has 4 rings (SSSR count). The molecule has 2 saturated carbocycles. The van der Waals surface area contributed by atoms with Gasteiger partial charge in [-0.15, -0.1) is 24.3 Å². The molecule has 0 saturated heterocycles. The van der Waals surface area contributed by atoms with E-state index >= 15 is 0 Å². The maximum Gasteiger partial charge on any atom is 4.00 e. The SMILES string of the molecule is CC1(CCC2(C)[CH-]C3=CC=CCC(C)(C)C3C2)[CH-]C2=CC=CCC(C)(C)C2C1.[Cl-].[Cl-].[Zr+4]. The summed E-state index contributed by atoms with van der Waals surface area (Å²) in [5.74, 6) is 1.43. The Hall–Kier alpha value is 0.163. The number of halogens is 2. The molecule has 2 fully saturated rings. The minimum Gasteiger partial charge on any atom is -1.00 e. The van der Waals surface area contributed by atoms with Gasteiger partial charge in [-0.05, 0) is 35.5 Å². The van der Waals surface area contributed by atoms with Crippen LogP contribution in [-0.2, 0) is 26.2 Å². The van der Waals surface area contributed by atoms with Crippen LogP contribution < -0.4 is 24.8 Å². The fourth-order valence-electron chi connectivity index (χ4n) is 6.38.